The maximum absolute atomic E-state index is 13.1. The third-order valence-electron chi connectivity index (χ3n) is 2.89. The molecule has 94 valence electrons. The van der Waals surface area contributed by atoms with E-state index in [1.54, 1.807) is 33.0 Å². The highest BCUT2D eigenvalue weighted by Crippen LogP contribution is 2.30. The van der Waals surface area contributed by atoms with Gasteiger partial charge in [0.2, 0.25) is 0 Å². The van der Waals surface area contributed by atoms with Crippen molar-refractivity contribution in [3.63, 3.8) is 0 Å². The average molecular weight is 239 g/mol. The van der Waals surface area contributed by atoms with Crippen LogP contribution < -0.4 is 5.32 Å². The first-order valence-electron chi connectivity index (χ1n) is 5.53. The Kier molecular flexibility index (Phi) is 4.23. The number of halogens is 1. The molecule has 1 aromatic rings. The molecule has 1 atom stereocenters. The molecular weight excluding hydrogens is 221 g/mol. The summed E-state index contributed by atoms with van der Waals surface area (Å²) >= 11 is 0. The second kappa shape index (κ2) is 5.27. The fourth-order valence-electron chi connectivity index (χ4n) is 1.71. The minimum atomic E-state index is -0.853. The molecule has 1 rings (SSSR count). The zero-order valence-electron chi connectivity index (χ0n) is 10.3. The van der Waals surface area contributed by atoms with Crippen LogP contribution in [0.25, 0.3) is 0 Å². The number of carbonyl (C=O) groups is 1. The fourth-order valence-corrected chi connectivity index (χ4v) is 1.71. The van der Waals surface area contributed by atoms with Crippen LogP contribution in [0.1, 0.15) is 31.9 Å². The van der Waals surface area contributed by atoms with E-state index < -0.39 is 11.4 Å². The molecule has 0 spiro atoms. The molecule has 0 aliphatic heterocycles. The summed E-state index contributed by atoms with van der Waals surface area (Å²) in [6.45, 7) is 3.33. The van der Waals surface area contributed by atoms with E-state index in [0.29, 0.717) is 6.42 Å². The van der Waals surface area contributed by atoms with Crippen molar-refractivity contribution in [1.29, 1.82) is 0 Å². The number of aliphatic carboxylic acids is 1. The van der Waals surface area contributed by atoms with Gasteiger partial charge in [-0.3, -0.25) is 4.79 Å². The van der Waals surface area contributed by atoms with Crippen LogP contribution in [-0.2, 0) is 4.79 Å². The van der Waals surface area contributed by atoms with Gasteiger partial charge in [0.15, 0.2) is 0 Å². The summed E-state index contributed by atoms with van der Waals surface area (Å²) in [6.07, 6.45) is 0.405. The summed E-state index contributed by atoms with van der Waals surface area (Å²) in [5, 5.41) is 12.1. The van der Waals surface area contributed by atoms with Crippen LogP contribution in [0.4, 0.5) is 4.39 Å². The van der Waals surface area contributed by atoms with Crippen molar-refractivity contribution in [2.45, 2.75) is 26.3 Å². The fraction of sp³-hybridized carbons (Fsp3) is 0.462. The molecule has 0 amide bonds. The Morgan fingerprint density at radius 2 is 2.18 bits per heavy atom. The van der Waals surface area contributed by atoms with Gasteiger partial charge in [-0.2, -0.15) is 0 Å². The van der Waals surface area contributed by atoms with Gasteiger partial charge in [-0.1, -0.05) is 12.1 Å². The molecule has 1 aromatic carbocycles. The lowest BCUT2D eigenvalue weighted by molar-refractivity contribution is -0.147. The first-order chi connectivity index (χ1) is 7.86. The highest BCUT2D eigenvalue weighted by atomic mass is 19.1. The Morgan fingerprint density at radius 3 is 2.65 bits per heavy atom. The lowest BCUT2D eigenvalue weighted by atomic mass is 9.83. The van der Waals surface area contributed by atoms with Crippen LogP contribution in [0.15, 0.2) is 24.3 Å². The minimum absolute atomic E-state index is 0.170. The third kappa shape index (κ3) is 3.53. The predicted molar refractivity (Wildman–Crippen MR) is 64.2 cm³/mol. The highest BCUT2D eigenvalue weighted by molar-refractivity contribution is 5.73. The van der Waals surface area contributed by atoms with Gasteiger partial charge < -0.3 is 10.4 Å². The Balaban J connectivity index is 2.90. The molecular formula is C13H18FNO2. The van der Waals surface area contributed by atoms with Gasteiger partial charge >= 0.3 is 5.97 Å². The number of benzene rings is 1. The van der Waals surface area contributed by atoms with Crippen molar-refractivity contribution < 1.29 is 14.3 Å². The number of hydrogen-bond donors (Lipinski definition) is 2. The largest absolute Gasteiger partial charge is 0.481 e. The molecule has 0 aromatic heterocycles. The summed E-state index contributed by atoms with van der Waals surface area (Å²) in [7, 11) is 1.74. The van der Waals surface area contributed by atoms with E-state index in [9.17, 15) is 9.18 Å². The SMILES string of the molecule is CNC(CC(C)(C)C(=O)O)c1cccc(F)c1. The van der Waals surface area contributed by atoms with Crippen molar-refractivity contribution in [3.8, 4) is 0 Å². The van der Waals surface area contributed by atoms with Gasteiger partial charge in [0, 0.05) is 6.04 Å². The Labute approximate surface area is 101 Å². The molecule has 0 heterocycles. The molecule has 1 unspecified atom stereocenters. The van der Waals surface area contributed by atoms with Crippen LogP contribution in [-0.4, -0.2) is 18.1 Å². The van der Waals surface area contributed by atoms with Crippen molar-refractivity contribution in [1.82, 2.24) is 5.32 Å². The molecule has 0 saturated heterocycles. The lowest BCUT2D eigenvalue weighted by Crippen LogP contribution is -2.30. The molecule has 4 heteroatoms. The summed E-state index contributed by atoms with van der Waals surface area (Å²) in [4.78, 5) is 11.1. The van der Waals surface area contributed by atoms with Crippen LogP contribution in [0, 0.1) is 11.2 Å². The van der Waals surface area contributed by atoms with Gasteiger partial charge in [-0.05, 0) is 45.0 Å². The lowest BCUT2D eigenvalue weighted by Gasteiger charge is -2.26. The molecule has 0 radical (unpaired) electrons. The Morgan fingerprint density at radius 1 is 1.53 bits per heavy atom. The molecule has 2 N–H and O–H groups in total. The van der Waals surface area contributed by atoms with Crippen molar-refractivity contribution in [3.05, 3.63) is 35.6 Å². The standard InChI is InChI=1S/C13H18FNO2/c1-13(2,12(16)17)8-11(15-3)9-5-4-6-10(14)7-9/h4-7,11,15H,8H2,1-3H3,(H,16,17). The number of hydrogen-bond acceptors (Lipinski definition) is 2. The molecule has 0 bridgehead atoms. The maximum atomic E-state index is 13.1. The number of nitrogens with one attached hydrogen (secondary N) is 1. The van der Waals surface area contributed by atoms with Gasteiger partial charge in [0.05, 0.1) is 5.41 Å². The van der Waals surface area contributed by atoms with E-state index in [4.69, 9.17) is 5.11 Å². The normalized spacial score (nSPS) is 13.4. The van der Waals surface area contributed by atoms with Crippen LogP contribution >= 0.6 is 0 Å². The molecule has 0 aliphatic rings. The van der Waals surface area contributed by atoms with E-state index in [2.05, 4.69) is 5.32 Å². The van der Waals surface area contributed by atoms with E-state index in [1.165, 1.54) is 12.1 Å². The van der Waals surface area contributed by atoms with Gasteiger partial charge in [-0.25, -0.2) is 4.39 Å². The maximum Gasteiger partial charge on any atom is 0.309 e. The summed E-state index contributed by atoms with van der Waals surface area (Å²) in [5.74, 6) is -1.16. The van der Waals surface area contributed by atoms with Gasteiger partial charge in [0.25, 0.3) is 0 Å². The molecule has 0 aliphatic carbocycles. The third-order valence-corrected chi connectivity index (χ3v) is 2.89. The van der Waals surface area contributed by atoms with Crippen LogP contribution in [0.3, 0.4) is 0 Å². The number of carboxylic acids is 1. The molecule has 17 heavy (non-hydrogen) atoms. The topological polar surface area (TPSA) is 49.3 Å². The predicted octanol–water partition coefficient (Wildman–Crippen LogP) is 2.59. The molecule has 0 fully saturated rings. The Bertz CT molecular complexity index is 404. The first-order valence-corrected chi connectivity index (χ1v) is 5.53. The molecule has 0 saturated carbocycles. The van der Waals surface area contributed by atoms with Crippen LogP contribution in [0.2, 0.25) is 0 Å². The minimum Gasteiger partial charge on any atom is -0.481 e. The second-order valence-electron chi connectivity index (χ2n) is 4.79. The van der Waals surface area contributed by atoms with Crippen molar-refractivity contribution in [2.24, 2.45) is 5.41 Å². The van der Waals surface area contributed by atoms with Crippen molar-refractivity contribution in [2.75, 3.05) is 7.05 Å². The van der Waals surface area contributed by atoms with E-state index in [-0.39, 0.29) is 11.9 Å². The monoisotopic (exact) mass is 239 g/mol. The van der Waals surface area contributed by atoms with Gasteiger partial charge in [-0.15, -0.1) is 0 Å². The zero-order valence-corrected chi connectivity index (χ0v) is 10.3. The zero-order chi connectivity index (χ0) is 13.1. The average Bonchev–Trinajstić information content (AvgIpc) is 2.25. The number of rotatable bonds is 5. The quantitative estimate of drug-likeness (QED) is 0.830. The Hall–Kier alpha value is -1.42. The van der Waals surface area contributed by atoms with Gasteiger partial charge in [0.1, 0.15) is 5.82 Å². The summed E-state index contributed by atoms with van der Waals surface area (Å²) < 4.78 is 13.1. The highest BCUT2D eigenvalue weighted by Gasteiger charge is 2.30. The smallest absolute Gasteiger partial charge is 0.309 e. The van der Waals surface area contributed by atoms with E-state index in [1.807, 2.05) is 0 Å². The molecule has 3 nitrogen and oxygen atoms in total. The summed E-state index contributed by atoms with van der Waals surface area (Å²) in [6, 6.07) is 6.06. The van der Waals surface area contributed by atoms with E-state index >= 15 is 0 Å². The van der Waals surface area contributed by atoms with E-state index in [0.717, 1.165) is 5.56 Å². The first kappa shape index (κ1) is 13.6. The second-order valence-corrected chi connectivity index (χ2v) is 4.79. The van der Waals surface area contributed by atoms with Crippen LogP contribution in [0.5, 0.6) is 0 Å². The van der Waals surface area contributed by atoms with Crippen molar-refractivity contribution >= 4 is 5.97 Å². The summed E-state index contributed by atoms with van der Waals surface area (Å²) in [5.41, 5.74) is -0.0816. The number of carboxylic acid groups (broad SMARTS) is 1.